The third kappa shape index (κ3) is 5.34. The zero-order valence-corrected chi connectivity index (χ0v) is 12.9. The third-order valence-corrected chi connectivity index (χ3v) is 3.38. The maximum Gasteiger partial charge on any atom is 0.240 e. The van der Waals surface area contributed by atoms with Crippen LogP contribution in [0, 0.1) is 5.82 Å². The van der Waals surface area contributed by atoms with Crippen molar-refractivity contribution in [1.82, 2.24) is 10.3 Å². The Bertz CT molecular complexity index is 707. The first-order chi connectivity index (χ1) is 10.9. The lowest BCUT2D eigenvalue weighted by Gasteiger charge is -2.15. The Morgan fingerprint density at radius 3 is 2.65 bits per heavy atom. The first kappa shape index (κ1) is 16.9. The predicted molar refractivity (Wildman–Crippen MR) is 84.2 cm³/mol. The van der Waals surface area contributed by atoms with Crippen molar-refractivity contribution in [2.45, 2.75) is 18.9 Å². The van der Waals surface area contributed by atoms with Crippen LogP contribution in [0.25, 0.3) is 0 Å². The van der Waals surface area contributed by atoms with Crippen molar-refractivity contribution in [1.29, 1.82) is 0 Å². The molecule has 2 amide bonds. The fourth-order valence-electron chi connectivity index (χ4n) is 2.06. The topological polar surface area (TPSA) is 85.1 Å². The molecular formula is C16H15ClFN3O2. The maximum atomic E-state index is 13.1. The van der Waals surface area contributed by atoms with Crippen molar-refractivity contribution in [2.75, 3.05) is 0 Å². The van der Waals surface area contributed by atoms with Crippen molar-refractivity contribution in [2.24, 2.45) is 5.73 Å². The van der Waals surface area contributed by atoms with Gasteiger partial charge < -0.3 is 11.1 Å². The number of nitrogens with one attached hydrogen (secondary N) is 1. The first-order valence-electron chi connectivity index (χ1n) is 6.87. The van der Waals surface area contributed by atoms with Gasteiger partial charge in [0, 0.05) is 12.6 Å². The monoisotopic (exact) mass is 335 g/mol. The maximum absolute atomic E-state index is 13.1. The molecule has 0 aliphatic rings. The normalized spacial score (nSPS) is 11.7. The van der Waals surface area contributed by atoms with Crippen LogP contribution >= 0.6 is 11.6 Å². The predicted octanol–water partition coefficient (Wildman–Crippen LogP) is 1.63. The molecule has 0 unspecified atom stereocenters. The third-order valence-electron chi connectivity index (χ3n) is 3.16. The Balaban J connectivity index is 1.99. The van der Waals surface area contributed by atoms with Crippen LogP contribution in [0.1, 0.15) is 11.1 Å². The summed E-state index contributed by atoms with van der Waals surface area (Å²) in [5.41, 5.74) is 6.55. The van der Waals surface area contributed by atoms with Crippen molar-refractivity contribution in [3.05, 3.63) is 64.7 Å². The van der Waals surface area contributed by atoms with Crippen LogP contribution < -0.4 is 11.1 Å². The van der Waals surface area contributed by atoms with E-state index in [0.29, 0.717) is 16.3 Å². The molecule has 23 heavy (non-hydrogen) atoms. The van der Waals surface area contributed by atoms with Crippen LogP contribution in [0.5, 0.6) is 0 Å². The van der Waals surface area contributed by atoms with Gasteiger partial charge in [-0.3, -0.25) is 9.59 Å². The van der Waals surface area contributed by atoms with Crippen LogP contribution in [0.4, 0.5) is 4.39 Å². The van der Waals surface area contributed by atoms with E-state index in [2.05, 4.69) is 10.3 Å². The number of amides is 2. The van der Waals surface area contributed by atoms with E-state index < -0.39 is 23.7 Å². The number of hydrogen-bond donors (Lipinski definition) is 2. The van der Waals surface area contributed by atoms with Crippen molar-refractivity contribution in [3.8, 4) is 0 Å². The Kier molecular flexibility index (Phi) is 5.65. The smallest absolute Gasteiger partial charge is 0.240 e. The number of aromatic nitrogens is 1. The summed E-state index contributed by atoms with van der Waals surface area (Å²) in [4.78, 5) is 27.4. The summed E-state index contributed by atoms with van der Waals surface area (Å²) in [5.74, 6) is -1.50. The van der Waals surface area contributed by atoms with Gasteiger partial charge in [-0.05, 0) is 29.3 Å². The summed E-state index contributed by atoms with van der Waals surface area (Å²) in [7, 11) is 0. The van der Waals surface area contributed by atoms with Gasteiger partial charge in [0.05, 0.1) is 6.42 Å². The number of primary amides is 1. The molecule has 0 bridgehead atoms. The van der Waals surface area contributed by atoms with E-state index in [1.54, 1.807) is 18.2 Å². The van der Waals surface area contributed by atoms with Crippen molar-refractivity contribution >= 4 is 23.4 Å². The van der Waals surface area contributed by atoms with Crippen molar-refractivity contribution < 1.29 is 14.0 Å². The number of hydrogen-bond acceptors (Lipinski definition) is 3. The molecular weight excluding hydrogens is 321 g/mol. The van der Waals surface area contributed by atoms with Gasteiger partial charge in [-0.2, -0.15) is 0 Å². The molecule has 5 nitrogen and oxygen atoms in total. The molecule has 0 radical (unpaired) electrons. The van der Waals surface area contributed by atoms with Crippen LogP contribution in [0.15, 0.2) is 42.6 Å². The zero-order valence-electron chi connectivity index (χ0n) is 12.1. The van der Waals surface area contributed by atoms with Crippen molar-refractivity contribution in [3.63, 3.8) is 0 Å². The van der Waals surface area contributed by atoms with Gasteiger partial charge in [-0.1, -0.05) is 29.8 Å². The fraction of sp³-hybridized carbons (Fsp3) is 0.188. The van der Waals surface area contributed by atoms with Gasteiger partial charge in [0.25, 0.3) is 0 Å². The van der Waals surface area contributed by atoms with Gasteiger partial charge >= 0.3 is 0 Å². The number of rotatable bonds is 6. The molecule has 2 rings (SSSR count). The SMILES string of the molecule is NC(=O)[C@H](Cc1ccc(Cl)nc1)NC(=O)Cc1cccc(F)c1. The first-order valence-corrected chi connectivity index (χ1v) is 7.25. The Hall–Kier alpha value is -2.47. The second-order valence-corrected chi connectivity index (χ2v) is 5.41. The number of benzene rings is 1. The summed E-state index contributed by atoms with van der Waals surface area (Å²) >= 11 is 5.70. The summed E-state index contributed by atoms with van der Waals surface area (Å²) in [6.07, 6.45) is 1.67. The fourth-order valence-corrected chi connectivity index (χ4v) is 2.18. The Morgan fingerprint density at radius 1 is 1.26 bits per heavy atom. The molecule has 2 aromatic rings. The standard InChI is InChI=1S/C16H15ClFN3O2/c17-14-5-4-11(9-20-14)7-13(16(19)23)21-15(22)8-10-2-1-3-12(18)6-10/h1-6,9,13H,7-8H2,(H2,19,23)(H,21,22)/t13-/m0/s1. The van der Waals surface area contributed by atoms with Gasteiger partial charge in [-0.15, -0.1) is 0 Å². The average Bonchev–Trinajstić information content (AvgIpc) is 2.48. The molecule has 3 N–H and O–H groups in total. The van der Waals surface area contributed by atoms with Gasteiger partial charge in [0.2, 0.25) is 11.8 Å². The van der Waals surface area contributed by atoms with E-state index in [1.807, 2.05) is 0 Å². The van der Waals surface area contributed by atoms with Crippen LogP contribution in [-0.4, -0.2) is 22.8 Å². The molecule has 0 saturated carbocycles. The van der Waals surface area contributed by atoms with E-state index in [4.69, 9.17) is 17.3 Å². The number of nitrogens with two attached hydrogens (primary N) is 1. The molecule has 1 atom stereocenters. The number of carbonyl (C=O) groups excluding carboxylic acids is 2. The lowest BCUT2D eigenvalue weighted by Crippen LogP contribution is -2.46. The van der Waals surface area contributed by atoms with E-state index in [-0.39, 0.29) is 12.8 Å². The highest BCUT2D eigenvalue weighted by atomic mass is 35.5. The largest absolute Gasteiger partial charge is 0.368 e. The highest BCUT2D eigenvalue weighted by Crippen LogP contribution is 2.08. The number of pyridine rings is 1. The lowest BCUT2D eigenvalue weighted by atomic mass is 10.1. The second-order valence-electron chi connectivity index (χ2n) is 5.02. The van der Waals surface area contributed by atoms with Gasteiger partial charge in [0.1, 0.15) is 17.0 Å². The van der Waals surface area contributed by atoms with E-state index >= 15 is 0 Å². The molecule has 120 valence electrons. The number of carbonyl (C=O) groups is 2. The minimum Gasteiger partial charge on any atom is -0.368 e. The van der Waals surface area contributed by atoms with Crippen LogP contribution in [0.3, 0.4) is 0 Å². The quantitative estimate of drug-likeness (QED) is 0.787. The van der Waals surface area contributed by atoms with E-state index in [9.17, 15) is 14.0 Å². The average molecular weight is 336 g/mol. The highest BCUT2D eigenvalue weighted by Gasteiger charge is 2.19. The van der Waals surface area contributed by atoms with E-state index in [0.717, 1.165) is 0 Å². The minimum absolute atomic E-state index is 0.0413. The minimum atomic E-state index is -0.876. The van der Waals surface area contributed by atoms with Crippen LogP contribution in [0.2, 0.25) is 5.15 Å². The summed E-state index contributed by atoms with van der Waals surface area (Å²) in [6, 6.07) is 8.11. The van der Waals surface area contributed by atoms with E-state index in [1.165, 1.54) is 24.4 Å². The Morgan fingerprint density at radius 2 is 2.04 bits per heavy atom. The second kappa shape index (κ2) is 7.69. The molecule has 7 heteroatoms. The molecule has 1 heterocycles. The lowest BCUT2D eigenvalue weighted by molar-refractivity contribution is -0.127. The molecule has 0 aliphatic carbocycles. The molecule has 0 aliphatic heterocycles. The molecule has 0 fully saturated rings. The summed E-state index contributed by atoms with van der Waals surface area (Å²) in [5, 5.41) is 2.88. The van der Waals surface area contributed by atoms with Crippen LogP contribution in [-0.2, 0) is 22.4 Å². The number of halogens is 2. The van der Waals surface area contributed by atoms with Gasteiger partial charge in [-0.25, -0.2) is 9.37 Å². The summed E-state index contributed by atoms with van der Waals surface area (Å²) < 4.78 is 13.1. The highest BCUT2D eigenvalue weighted by molar-refractivity contribution is 6.29. The summed E-state index contributed by atoms with van der Waals surface area (Å²) in [6.45, 7) is 0. The molecule has 0 spiro atoms. The number of nitrogens with zero attached hydrogens (tertiary/aromatic N) is 1. The zero-order chi connectivity index (χ0) is 16.8. The molecule has 0 saturated heterocycles. The molecule has 1 aromatic carbocycles. The Labute approximate surface area is 137 Å². The molecule has 1 aromatic heterocycles. The van der Waals surface area contributed by atoms with Gasteiger partial charge in [0.15, 0.2) is 0 Å².